The van der Waals surface area contributed by atoms with Gasteiger partial charge in [-0.1, -0.05) is 12.1 Å². The molecule has 2 aromatic rings. The SMILES string of the molecule is COC(=O)c1ccc([C@@H]2SCC(=O)Nc3c2c(C)nn3C)cc1. The number of methoxy groups -OCH3 is 1. The molecule has 0 saturated carbocycles. The number of hydrogen-bond acceptors (Lipinski definition) is 5. The van der Waals surface area contributed by atoms with E-state index in [4.69, 9.17) is 4.74 Å². The van der Waals surface area contributed by atoms with Crippen molar-refractivity contribution in [2.75, 3.05) is 18.2 Å². The van der Waals surface area contributed by atoms with E-state index in [-0.39, 0.29) is 17.1 Å². The molecule has 3 rings (SSSR count). The van der Waals surface area contributed by atoms with Gasteiger partial charge >= 0.3 is 5.97 Å². The Bertz CT molecular complexity index is 768. The van der Waals surface area contributed by atoms with Crippen molar-refractivity contribution < 1.29 is 14.3 Å². The molecule has 0 aliphatic carbocycles. The van der Waals surface area contributed by atoms with E-state index in [1.807, 2.05) is 26.1 Å². The molecule has 120 valence electrons. The number of carbonyl (C=O) groups is 2. The number of rotatable bonds is 2. The third-order valence-corrected chi connectivity index (χ3v) is 5.07. The lowest BCUT2D eigenvalue weighted by Crippen LogP contribution is -2.15. The number of esters is 1. The van der Waals surface area contributed by atoms with Crippen LogP contribution in [0.5, 0.6) is 0 Å². The van der Waals surface area contributed by atoms with Crippen LogP contribution in [-0.4, -0.2) is 34.5 Å². The van der Waals surface area contributed by atoms with E-state index in [0.717, 1.165) is 22.6 Å². The molecule has 6 nitrogen and oxygen atoms in total. The average Bonchev–Trinajstić information content (AvgIpc) is 2.73. The zero-order valence-corrected chi connectivity index (χ0v) is 13.9. The number of amides is 1. The fourth-order valence-electron chi connectivity index (χ4n) is 2.72. The van der Waals surface area contributed by atoms with Gasteiger partial charge in [0.2, 0.25) is 5.91 Å². The van der Waals surface area contributed by atoms with Gasteiger partial charge in [0, 0.05) is 12.6 Å². The van der Waals surface area contributed by atoms with Gasteiger partial charge in [-0.05, 0) is 24.6 Å². The highest BCUT2D eigenvalue weighted by Gasteiger charge is 2.29. The maximum absolute atomic E-state index is 11.9. The van der Waals surface area contributed by atoms with Gasteiger partial charge in [-0.15, -0.1) is 11.8 Å². The Morgan fingerprint density at radius 1 is 1.39 bits per heavy atom. The van der Waals surface area contributed by atoms with Crippen molar-refractivity contribution in [1.82, 2.24) is 9.78 Å². The second kappa shape index (κ2) is 6.08. The first-order valence-corrected chi connectivity index (χ1v) is 8.19. The lowest BCUT2D eigenvalue weighted by atomic mass is 10.0. The quantitative estimate of drug-likeness (QED) is 0.855. The van der Waals surface area contributed by atoms with E-state index in [0.29, 0.717) is 11.3 Å². The summed E-state index contributed by atoms with van der Waals surface area (Å²) in [6, 6.07) is 7.28. The number of nitrogens with zero attached hydrogens (tertiary/aromatic N) is 2. The van der Waals surface area contributed by atoms with Crippen LogP contribution in [0.4, 0.5) is 5.82 Å². The number of aryl methyl sites for hydroxylation is 2. The molecule has 0 saturated heterocycles. The van der Waals surface area contributed by atoms with Crippen LogP contribution in [-0.2, 0) is 16.6 Å². The van der Waals surface area contributed by atoms with Crippen LogP contribution in [0.1, 0.15) is 32.4 Å². The molecule has 0 radical (unpaired) electrons. The first-order valence-electron chi connectivity index (χ1n) is 7.14. The molecule has 1 aromatic carbocycles. The Balaban J connectivity index is 2.03. The average molecular weight is 331 g/mol. The highest BCUT2D eigenvalue weighted by atomic mass is 32.2. The summed E-state index contributed by atoms with van der Waals surface area (Å²) in [5, 5.41) is 7.32. The minimum atomic E-state index is -0.361. The maximum Gasteiger partial charge on any atom is 0.337 e. The van der Waals surface area contributed by atoms with Crippen molar-refractivity contribution in [3.63, 3.8) is 0 Å². The monoisotopic (exact) mass is 331 g/mol. The van der Waals surface area contributed by atoms with Gasteiger partial charge in [0.05, 0.1) is 29.4 Å². The summed E-state index contributed by atoms with van der Waals surface area (Å²) < 4.78 is 6.42. The van der Waals surface area contributed by atoms with Gasteiger partial charge < -0.3 is 10.1 Å². The van der Waals surface area contributed by atoms with Gasteiger partial charge in [-0.25, -0.2) is 4.79 Å². The summed E-state index contributed by atoms with van der Waals surface area (Å²) in [6.07, 6.45) is 0. The molecular weight excluding hydrogens is 314 g/mol. The second-order valence-corrected chi connectivity index (χ2v) is 6.42. The maximum atomic E-state index is 11.9. The number of aromatic nitrogens is 2. The van der Waals surface area contributed by atoms with Crippen molar-refractivity contribution in [3.05, 3.63) is 46.6 Å². The molecule has 0 bridgehead atoms. The Kier molecular flexibility index (Phi) is 4.12. The minimum Gasteiger partial charge on any atom is -0.465 e. The molecule has 1 aliphatic heterocycles. The van der Waals surface area contributed by atoms with Crippen molar-refractivity contribution in [2.24, 2.45) is 7.05 Å². The summed E-state index contributed by atoms with van der Waals surface area (Å²) in [5.41, 5.74) is 3.43. The second-order valence-electron chi connectivity index (χ2n) is 5.32. The zero-order chi connectivity index (χ0) is 16.6. The zero-order valence-electron chi connectivity index (χ0n) is 13.1. The number of hydrogen-bond donors (Lipinski definition) is 1. The summed E-state index contributed by atoms with van der Waals surface area (Å²) in [4.78, 5) is 23.5. The van der Waals surface area contributed by atoms with E-state index in [1.165, 1.54) is 7.11 Å². The van der Waals surface area contributed by atoms with E-state index in [1.54, 1.807) is 28.6 Å². The third kappa shape index (κ3) is 2.84. The van der Waals surface area contributed by atoms with E-state index < -0.39 is 0 Å². The molecule has 1 aliphatic rings. The van der Waals surface area contributed by atoms with E-state index in [2.05, 4.69) is 10.4 Å². The van der Waals surface area contributed by atoms with Crippen LogP contribution < -0.4 is 5.32 Å². The van der Waals surface area contributed by atoms with E-state index >= 15 is 0 Å². The Morgan fingerprint density at radius 3 is 2.74 bits per heavy atom. The number of carbonyl (C=O) groups excluding carboxylic acids is 2. The Hall–Kier alpha value is -2.28. The lowest BCUT2D eigenvalue weighted by molar-refractivity contribution is -0.113. The summed E-state index contributed by atoms with van der Waals surface area (Å²) in [7, 11) is 3.18. The Labute approximate surface area is 138 Å². The van der Waals surface area contributed by atoms with Gasteiger partial charge in [0.25, 0.3) is 0 Å². The van der Waals surface area contributed by atoms with Crippen LogP contribution in [0.25, 0.3) is 0 Å². The topological polar surface area (TPSA) is 73.2 Å². The molecule has 7 heteroatoms. The number of ether oxygens (including phenoxy) is 1. The summed E-state index contributed by atoms with van der Waals surface area (Å²) in [6.45, 7) is 1.94. The third-order valence-electron chi connectivity index (χ3n) is 3.80. The molecular formula is C16H17N3O3S. The molecule has 2 heterocycles. The highest BCUT2D eigenvalue weighted by Crippen LogP contribution is 2.42. The molecule has 0 unspecified atom stereocenters. The molecule has 1 N–H and O–H groups in total. The molecule has 23 heavy (non-hydrogen) atoms. The molecule has 0 spiro atoms. The predicted octanol–water partition coefficient (Wildman–Crippen LogP) is 2.29. The molecule has 1 aromatic heterocycles. The number of nitrogens with one attached hydrogen (secondary N) is 1. The van der Waals surface area contributed by atoms with Crippen LogP contribution in [0, 0.1) is 6.92 Å². The standard InChI is InChI=1S/C16H17N3O3S/c1-9-13-14(10-4-6-11(7-5-10)16(21)22-3)23-8-12(20)17-15(13)19(2)18-9/h4-7,14H,8H2,1-3H3,(H,17,20)/t14-/m0/s1. The van der Waals surface area contributed by atoms with Crippen LogP contribution >= 0.6 is 11.8 Å². The summed E-state index contributed by atoms with van der Waals surface area (Å²) in [5.74, 6) is 0.713. The highest BCUT2D eigenvalue weighted by molar-refractivity contribution is 8.00. The number of benzene rings is 1. The molecule has 1 atom stereocenters. The molecule has 1 amide bonds. The van der Waals surface area contributed by atoms with Crippen LogP contribution in [0.3, 0.4) is 0 Å². The van der Waals surface area contributed by atoms with E-state index in [9.17, 15) is 9.59 Å². The van der Waals surface area contributed by atoms with Gasteiger partial charge in [-0.2, -0.15) is 5.10 Å². The number of anilines is 1. The minimum absolute atomic E-state index is 0.00986. The summed E-state index contributed by atoms with van der Waals surface area (Å²) >= 11 is 1.55. The number of fused-ring (bicyclic) bond motifs is 1. The number of thioether (sulfide) groups is 1. The smallest absolute Gasteiger partial charge is 0.337 e. The van der Waals surface area contributed by atoms with Crippen molar-refractivity contribution >= 4 is 29.5 Å². The van der Waals surface area contributed by atoms with Crippen molar-refractivity contribution in [1.29, 1.82) is 0 Å². The first-order chi connectivity index (χ1) is 11.0. The van der Waals surface area contributed by atoms with Gasteiger partial charge in [-0.3, -0.25) is 9.48 Å². The largest absolute Gasteiger partial charge is 0.465 e. The van der Waals surface area contributed by atoms with Crippen LogP contribution in [0.15, 0.2) is 24.3 Å². The normalized spacial score (nSPS) is 17.2. The van der Waals surface area contributed by atoms with Gasteiger partial charge in [0.1, 0.15) is 5.82 Å². The van der Waals surface area contributed by atoms with Crippen molar-refractivity contribution in [2.45, 2.75) is 12.2 Å². The predicted molar refractivity (Wildman–Crippen MR) is 88.7 cm³/mol. The fraction of sp³-hybridized carbons (Fsp3) is 0.312. The van der Waals surface area contributed by atoms with Crippen LogP contribution in [0.2, 0.25) is 0 Å². The van der Waals surface area contributed by atoms with Crippen molar-refractivity contribution in [3.8, 4) is 0 Å². The fourth-order valence-corrected chi connectivity index (χ4v) is 3.91. The Morgan fingerprint density at radius 2 is 2.09 bits per heavy atom. The lowest BCUT2D eigenvalue weighted by Gasteiger charge is -2.15. The first kappa shape index (κ1) is 15.6. The molecule has 0 fully saturated rings. The van der Waals surface area contributed by atoms with Gasteiger partial charge in [0.15, 0.2) is 0 Å².